The van der Waals surface area contributed by atoms with Crippen LogP contribution in [-0.4, -0.2) is 53.7 Å². The lowest BCUT2D eigenvalue weighted by Gasteiger charge is -2.48. The first-order valence-electron chi connectivity index (χ1n) is 11.3. The number of rotatable bonds is 7. The van der Waals surface area contributed by atoms with Crippen molar-refractivity contribution in [3.63, 3.8) is 0 Å². The summed E-state index contributed by atoms with van der Waals surface area (Å²) in [4.78, 5) is 10.7. The molecular weight excluding hydrogens is 521 g/mol. The number of sulfone groups is 1. The second-order valence-corrected chi connectivity index (χ2v) is 12.7. The van der Waals surface area contributed by atoms with Crippen LogP contribution in [-0.2, 0) is 9.84 Å². The fourth-order valence-corrected chi connectivity index (χ4v) is 6.95. The van der Waals surface area contributed by atoms with Gasteiger partial charge in [0.25, 0.3) is 0 Å². The van der Waals surface area contributed by atoms with Crippen molar-refractivity contribution in [3.05, 3.63) is 64.5 Å². The normalized spacial score (nSPS) is 16.1. The molecule has 4 heterocycles. The van der Waals surface area contributed by atoms with Crippen molar-refractivity contribution in [3.8, 4) is 17.0 Å². The van der Waals surface area contributed by atoms with E-state index in [-0.39, 0.29) is 17.3 Å². The van der Waals surface area contributed by atoms with Crippen molar-refractivity contribution in [2.24, 2.45) is 5.41 Å². The lowest BCUT2D eigenvalue weighted by atomic mass is 9.84. The van der Waals surface area contributed by atoms with Crippen LogP contribution in [0.5, 0.6) is 5.75 Å². The monoisotopic (exact) mass is 545 g/mol. The van der Waals surface area contributed by atoms with Crippen molar-refractivity contribution in [2.75, 3.05) is 30.0 Å². The molecule has 1 atom stereocenters. The van der Waals surface area contributed by atoms with Gasteiger partial charge in [-0.25, -0.2) is 13.4 Å². The van der Waals surface area contributed by atoms with E-state index < -0.39 is 9.84 Å². The van der Waals surface area contributed by atoms with E-state index in [2.05, 4.69) is 25.1 Å². The van der Waals surface area contributed by atoms with E-state index in [4.69, 9.17) is 27.9 Å². The standard InChI is InChI=1S/C25H25Cl2N5O3S/c1-15(23-19(26)10-28-11-20(23)27)35-17-5-6-21-18(8-17)24(31-30-21)16-4-7-22(29-9-16)32-12-25(2,13-32)14-36(3,33)34/h4-11,15H,12-14H2,1-3H3,(H,30,31)/t15-/m1/s1. The maximum atomic E-state index is 11.7. The van der Waals surface area contributed by atoms with Gasteiger partial charge in [0.1, 0.15) is 33.2 Å². The summed E-state index contributed by atoms with van der Waals surface area (Å²) < 4.78 is 29.5. The van der Waals surface area contributed by atoms with Gasteiger partial charge in [-0.15, -0.1) is 0 Å². The van der Waals surface area contributed by atoms with Gasteiger partial charge >= 0.3 is 0 Å². The van der Waals surface area contributed by atoms with Crippen LogP contribution in [0.25, 0.3) is 22.2 Å². The van der Waals surface area contributed by atoms with Crippen LogP contribution >= 0.6 is 23.2 Å². The molecule has 1 aliphatic rings. The molecule has 188 valence electrons. The fraction of sp³-hybridized carbons (Fsp3) is 0.320. The summed E-state index contributed by atoms with van der Waals surface area (Å²) in [5.41, 5.74) is 2.92. The highest BCUT2D eigenvalue weighted by molar-refractivity contribution is 7.90. The minimum absolute atomic E-state index is 0.177. The Labute approximate surface area is 219 Å². The SMILES string of the molecule is C[C@@H](Oc1ccc2[nH]nc(-c3ccc(N4CC(C)(CS(C)(=O)=O)C4)nc3)c2c1)c1c(Cl)cncc1Cl. The van der Waals surface area contributed by atoms with E-state index in [1.807, 2.05) is 44.2 Å². The molecule has 1 saturated heterocycles. The Morgan fingerprint density at radius 2 is 1.86 bits per heavy atom. The predicted octanol–water partition coefficient (Wildman–Crippen LogP) is 5.34. The molecule has 1 fully saturated rings. The molecule has 0 unspecified atom stereocenters. The van der Waals surface area contributed by atoms with Crippen LogP contribution in [0.2, 0.25) is 10.0 Å². The molecular formula is C25H25Cl2N5O3S. The van der Waals surface area contributed by atoms with Crippen LogP contribution in [0, 0.1) is 5.41 Å². The molecule has 0 amide bonds. The summed E-state index contributed by atoms with van der Waals surface area (Å²) in [6.07, 6.45) is 5.77. The Balaban J connectivity index is 1.34. The first-order chi connectivity index (χ1) is 17.0. The summed E-state index contributed by atoms with van der Waals surface area (Å²) >= 11 is 12.6. The average Bonchev–Trinajstić information content (AvgIpc) is 3.19. The quantitative estimate of drug-likeness (QED) is 0.334. The van der Waals surface area contributed by atoms with Crippen molar-refractivity contribution in [1.82, 2.24) is 20.2 Å². The van der Waals surface area contributed by atoms with Gasteiger partial charge in [0.05, 0.1) is 21.3 Å². The molecule has 0 aliphatic carbocycles. The molecule has 4 aromatic rings. The Hall–Kier alpha value is -2.88. The smallest absolute Gasteiger partial charge is 0.148 e. The first kappa shape index (κ1) is 24.8. The molecule has 0 radical (unpaired) electrons. The highest BCUT2D eigenvalue weighted by atomic mass is 35.5. The molecule has 1 aromatic carbocycles. The molecule has 1 aliphatic heterocycles. The third-order valence-electron chi connectivity index (χ3n) is 6.25. The number of H-pyrrole nitrogens is 1. The molecule has 0 bridgehead atoms. The Morgan fingerprint density at radius 1 is 1.14 bits per heavy atom. The second-order valence-electron chi connectivity index (χ2n) is 9.70. The van der Waals surface area contributed by atoms with E-state index in [1.165, 1.54) is 6.26 Å². The zero-order valence-corrected chi connectivity index (χ0v) is 22.3. The lowest BCUT2D eigenvalue weighted by Crippen LogP contribution is -2.58. The molecule has 0 spiro atoms. The molecule has 11 heteroatoms. The predicted molar refractivity (Wildman–Crippen MR) is 143 cm³/mol. The van der Waals surface area contributed by atoms with Crippen molar-refractivity contribution in [2.45, 2.75) is 20.0 Å². The van der Waals surface area contributed by atoms with E-state index in [0.717, 1.165) is 28.0 Å². The minimum Gasteiger partial charge on any atom is -0.486 e. The number of halogens is 2. The molecule has 3 aromatic heterocycles. The zero-order valence-electron chi connectivity index (χ0n) is 20.0. The van der Waals surface area contributed by atoms with Crippen molar-refractivity contribution >= 4 is 49.8 Å². The molecule has 36 heavy (non-hydrogen) atoms. The number of aromatic amines is 1. The largest absolute Gasteiger partial charge is 0.486 e. The molecule has 1 N–H and O–H groups in total. The third-order valence-corrected chi connectivity index (χ3v) is 8.07. The zero-order chi connectivity index (χ0) is 25.7. The third kappa shape index (κ3) is 5.00. The van der Waals surface area contributed by atoms with Crippen molar-refractivity contribution in [1.29, 1.82) is 0 Å². The highest BCUT2D eigenvalue weighted by Crippen LogP contribution is 2.37. The summed E-state index contributed by atoms with van der Waals surface area (Å²) in [5.74, 6) is 1.64. The number of nitrogens with one attached hydrogen (secondary N) is 1. The lowest BCUT2D eigenvalue weighted by molar-refractivity contribution is 0.227. The van der Waals surface area contributed by atoms with Crippen LogP contribution in [0.15, 0.2) is 48.9 Å². The van der Waals surface area contributed by atoms with Gasteiger partial charge in [-0.05, 0) is 37.3 Å². The van der Waals surface area contributed by atoms with Crippen LogP contribution in [0.4, 0.5) is 5.82 Å². The van der Waals surface area contributed by atoms with Gasteiger partial charge in [-0.3, -0.25) is 10.1 Å². The van der Waals surface area contributed by atoms with Gasteiger partial charge in [0.15, 0.2) is 0 Å². The van der Waals surface area contributed by atoms with Crippen molar-refractivity contribution < 1.29 is 13.2 Å². The summed E-state index contributed by atoms with van der Waals surface area (Å²) in [5, 5.41) is 9.34. The fourth-order valence-electron chi connectivity index (χ4n) is 4.83. The van der Waals surface area contributed by atoms with Gasteiger partial charge in [0.2, 0.25) is 0 Å². The second kappa shape index (κ2) is 9.21. The number of ether oxygens (including phenoxy) is 1. The first-order valence-corrected chi connectivity index (χ1v) is 14.2. The van der Waals surface area contributed by atoms with E-state index >= 15 is 0 Å². The maximum Gasteiger partial charge on any atom is 0.148 e. The van der Waals surface area contributed by atoms with Crippen LogP contribution in [0.3, 0.4) is 0 Å². The van der Waals surface area contributed by atoms with E-state index in [0.29, 0.717) is 34.4 Å². The maximum absolute atomic E-state index is 11.7. The van der Waals surface area contributed by atoms with Crippen LogP contribution < -0.4 is 9.64 Å². The minimum atomic E-state index is -3.02. The number of nitrogens with zero attached hydrogens (tertiary/aromatic N) is 4. The Morgan fingerprint density at radius 3 is 2.50 bits per heavy atom. The van der Waals surface area contributed by atoms with Gasteiger partial charge < -0.3 is 9.64 Å². The van der Waals surface area contributed by atoms with Crippen LogP contribution in [0.1, 0.15) is 25.5 Å². The number of hydrogen-bond donors (Lipinski definition) is 1. The average molecular weight is 546 g/mol. The van der Waals surface area contributed by atoms with E-state index in [1.54, 1.807) is 18.6 Å². The number of pyridine rings is 2. The number of hydrogen-bond acceptors (Lipinski definition) is 7. The molecule has 5 rings (SSSR count). The van der Waals surface area contributed by atoms with Gasteiger partial charge in [-0.1, -0.05) is 30.1 Å². The number of aromatic nitrogens is 4. The van der Waals surface area contributed by atoms with Gasteiger partial charge in [0, 0.05) is 59.9 Å². The highest BCUT2D eigenvalue weighted by Gasteiger charge is 2.41. The summed E-state index contributed by atoms with van der Waals surface area (Å²) in [7, 11) is -3.02. The molecule has 0 saturated carbocycles. The Bertz CT molecular complexity index is 1510. The van der Waals surface area contributed by atoms with Gasteiger partial charge in [-0.2, -0.15) is 5.10 Å². The number of benzene rings is 1. The summed E-state index contributed by atoms with van der Waals surface area (Å²) in [6.45, 7) is 5.18. The topological polar surface area (TPSA) is 101 Å². The summed E-state index contributed by atoms with van der Waals surface area (Å²) in [6, 6.07) is 9.60. The molecule has 8 nitrogen and oxygen atoms in total. The Kier molecular flexibility index (Phi) is 6.34. The number of fused-ring (bicyclic) bond motifs is 1. The number of anilines is 1. The van der Waals surface area contributed by atoms with E-state index in [9.17, 15) is 8.42 Å².